The van der Waals surface area contributed by atoms with Crippen LogP contribution in [0, 0.1) is 17.6 Å². The van der Waals surface area contributed by atoms with Crippen molar-refractivity contribution in [2.24, 2.45) is 5.92 Å². The van der Waals surface area contributed by atoms with Gasteiger partial charge >= 0.3 is 5.97 Å². The second-order valence-electron chi connectivity index (χ2n) is 5.00. The molecule has 2 heterocycles. The van der Waals surface area contributed by atoms with E-state index in [4.69, 9.17) is 5.73 Å². The molecule has 0 radical (unpaired) electrons. The third-order valence-corrected chi connectivity index (χ3v) is 3.71. The Balaban J connectivity index is 2.02. The average Bonchev–Trinajstić information content (AvgIpc) is 2.79. The van der Waals surface area contributed by atoms with Gasteiger partial charge < -0.3 is 10.8 Å². The Morgan fingerprint density at radius 3 is 2.81 bits per heavy atom. The molecule has 0 spiro atoms. The normalized spacial score (nSPS) is 21.0. The maximum Gasteiger partial charge on any atom is 0.307 e. The van der Waals surface area contributed by atoms with E-state index in [1.165, 1.54) is 10.7 Å². The van der Waals surface area contributed by atoms with E-state index in [1.807, 2.05) is 0 Å². The summed E-state index contributed by atoms with van der Waals surface area (Å²) in [6.07, 6.45) is 0.142. The monoisotopic (exact) mass is 294 g/mol. The second kappa shape index (κ2) is 4.80. The molecule has 0 saturated carbocycles. The summed E-state index contributed by atoms with van der Waals surface area (Å²) in [5.41, 5.74) is 5.93. The Morgan fingerprint density at radius 1 is 1.38 bits per heavy atom. The van der Waals surface area contributed by atoms with Crippen LogP contribution in [0.15, 0.2) is 18.2 Å². The minimum absolute atomic E-state index is 0.0695. The first kappa shape index (κ1) is 13.5. The summed E-state index contributed by atoms with van der Waals surface area (Å²) in [6.45, 7) is 0.210. The van der Waals surface area contributed by atoms with Gasteiger partial charge in [0, 0.05) is 12.3 Å². The number of fused-ring (bicyclic) bond motifs is 1. The van der Waals surface area contributed by atoms with E-state index in [2.05, 4.69) is 10.1 Å². The number of carboxylic acid groups (broad SMARTS) is 1. The maximum atomic E-state index is 13.4. The van der Waals surface area contributed by atoms with E-state index in [9.17, 15) is 18.7 Å². The smallest absolute Gasteiger partial charge is 0.307 e. The van der Waals surface area contributed by atoms with Crippen LogP contribution in [0.4, 0.5) is 14.7 Å². The highest BCUT2D eigenvalue weighted by molar-refractivity contribution is 5.72. The Bertz CT molecular complexity index is 716. The van der Waals surface area contributed by atoms with Crippen molar-refractivity contribution in [1.82, 2.24) is 14.8 Å². The average molecular weight is 294 g/mol. The van der Waals surface area contributed by atoms with E-state index in [1.54, 1.807) is 0 Å². The molecule has 110 valence electrons. The molecule has 0 amide bonds. The van der Waals surface area contributed by atoms with E-state index >= 15 is 0 Å². The molecule has 2 atom stereocenters. The summed E-state index contributed by atoms with van der Waals surface area (Å²) in [5, 5.41) is 13.4. The molecule has 1 aromatic heterocycles. The predicted octanol–water partition coefficient (Wildman–Crippen LogP) is 1.18. The number of nitrogens with zero attached hydrogens (tertiary/aromatic N) is 3. The lowest BCUT2D eigenvalue weighted by Crippen LogP contribution is -2.33. The highest BCUT2D eigenvalue weighted by Crippen LogP contribution is 2.34. The zero-order valence-electron chi connectivity index (χ0n) is 10.8. The van der Waals surface area contributed by atoms with Crippen LogP contribution in [0.5, 0.6) is 0 Å². The van der Waals surface area contributed by atoms with Gasteiger partial charge in [0.2, 0.25) is 5.95 Å². The number of carbonyl (C=O) groups is 1. The highest BCUT2D eigenvalue weighted by atomic mass is 19.2. The number of hydrogen-bond acceptors (Lipinski definition) is 4. The van der Waals surface area contributed by atoms with Crippen molar-refractivity contribution in [3.05, 3.63) is 41.2 Å². The zero-order chi connectivity index (χ0) is 15.1. The Morgan fingerprint density at radius 2 is 2.14 bits per heavy atom. The van der Waals surface area contributed by atoms with Gasteiger partial charge in [0.05, 0.1) is 12.5 Å². The van der Waals surface area contributed by atoms with E-state index in [0.29, 0.717) is 11.4 Å². The van der Waals surface area contributed by atoms with E-state index in [0.717, 1.165) is 12.1 Å². The van der Waals surface area contributed by atoms with Crippen LogP contribution < -0.4 is 5.73 Å². The third-order valence-electron chi connectivity index (χ3n) is 3.71. The number of nitrogen functional groups attached to an aromatic ring is 1. The standard InChI is InChI=1S/C13H12F2N4O2/c14-9-2-1-6(3-10(9)15)8-5-19-11(17-13(16)18-19)4-7(8)12(20)21/h1-3,7-8H,4-5H2,(H2,16,18)(H,20,21). The second-order valence-corrected chi connectivity index (χ2v) is 5.00. The van der Waals surface area contributed by atoms with Crippen molar-refractivity contribution >= 4 is 11.9 Å². The quantitative estimate of drug-likeness (QED) is 0.867. The molecular formula is C13H12F2N4O2. The third kappa shape index (κ3) is 2.32. The summed E-state index contributed by atoms with van der Waals surface area (Å²) in [7, 11) is 0. The number of carboxylic acids is 1. The van der Waals surface area contributed by atoms with Gasteiger partial charge in [-0.15, -0.1) is 5.10 Å². The number of benzene rings is 1. The van der Waals surface area contributed by atoms with Gasteiger partial charge in [-0.1, -0.05) is 6.07 Å². The van der Waals surface area contributed by atoms with Gasteiger partial charge in [-0.2, -0.15) is 4.98 Å². The summed E-state index contributed by atoms with van der Waals surface area (Å²) in [4.78, 5) is 15.4. The van der Waals surface area contributed by atoms with Crippen molar-refractivity contribution in [1.29, 1.82) is 0 Å². The van der Waals surface area contributed by atoms with Crippen LogP contribution in [0.1, 0.15) is 17.3 Å². The molecule has 0 aliphatic carbocycles. The molecule has 2 aromatic rings. The van der Waals surface area contributed by atoms with Crippen molar-refractivity contribution in [2.75, 3.05) is 5.73 Å². The first-order valence-electron chi connectivity index (χ1n) is 6.32. The minimum atomic E-state index is -1.02. The molecule has 2 unspecified atom stereocenters. The number of rotatable bonds is 2. The molecule has 8 heteroatoms. The molecule has 3 N–H and O–H groups in total. The van der Waals surface area contributed by atoms with Crippen LogP contribution in [-0.2, 0) is 17.8 Å². The summed E-state index contributed by atoms with van der Waals surface area (Å²) < 4.78 is 27.9. The van der Waals surface area contributed by atoms with Gasteiger partial charge in [0.25, 0.3) is 0 Å². The summed E-state index contributed by atoms with van der Waals surface area (Å²) >= 11 is 0. The van der Waals surface area contributed by atoms with Gasteiger partial charge in [-0.25, -0.2) is 13.5 Å². The predicted molar refractivity (Wildman–Crippen MR) is 68.4 cm³/mol. The summed E-state index contributed by atoms with van der Waals surface area (Å²) in [6, 6.07) is 3.42. The molecule has 0 fully saturated rings. The number of nitrogens with two attached hydrogens (primary N) is 1. The van der Waals surface area contributed by atoms with Crippen molar-refractivity contribution in [3.63, 3.8) is 0 Å². The molecule has 3 rings (SSSR count). The highest BCUT2D eigenvalue weighted by Gasteiger charge is 2.36. The fourth-order valence-corrected chi connectivity index (χ4v) is 2.68. The maximum absolute atomic E-state index is 13.4. The number of hydrogen-bond donors (Lipinski definition) is 2. The molecule has 1 aromatic carbocycles. The molecule has 0 saturated heterocycles. The Kier molecular flexibility index (Phi) is 3.08. The van der Waals surface area contributed by atoms with E-state index in [-0.39, 0.29) is 18.9 Å². The molecule has 0 bridgehead atoms. The molecule has 6 nitrogen and oxygen atoms in total. The number of halogens is 2. The van der Waals surface area contributed by atoms with Gasteiger partial charge in [0.15, 0.2) is 11.6 Å². The van der Waals surface area contributed by atoms with Crippen molar-refractivity contribution in [2.45, 2.75) is 18.9 Å². The SMILES string of the molecule is Nc1nc2n(n1)CC(c1ccc(F)c(F)c1)C(C(=O)O)C2. The van der Waals surface area contributed by atoms with Gasteiger partial charge in [-0.05, 0) is 17.7 Å². The van der Waals surface area contributed by atoms with Crippen LogP contribution >= 0.6 is 0 Å². The fourth-order valence-electron chi connectivity index (χ4n) is 2.68. The first-order chi connectivity index (χ1) is 9.95. The molecule has 1 aliphatic heterocycles. The van der Waals surface area contributed by atoms with Crippen LogP contribution in [0.25, 0.3) is 0 Å². The lowest BCUT2D eigenvalue weighted by Gasteiger charge is -2.29. The summed E-state index contributed by atoms with van der Waals surface area (Å²) in [5.74, 6) is -3.74. The lowest BCUT2D eigenvalue weighted by atomic mass is 9.81. The Hall–Kier alpha value is -2.51. The van der Waals surface area contributed by atoms with Gasteiger partial charge in [-0.3, -0.25) is 4.79 Å². The molecule has 1 aliphatic rings. The van der Waals surface area contributed by atoms with Gasteiger partial charge in [0.1, 0.15) is 5.82 Å². The van der Waals surface area contributed by atoms with Crippen molar-refractivity contribution in [3.8, 4) is 0 Å². The zero-order valence-corrected chi connectivity index (χ0v) is 10.8. The fraction of sp³-hybridized carbons (Fsp3) is 0.308. The number of anilines is 1. The number of aromatic nitrogens is 3. The topological polar surface area (TPSA) is 94.0 Å². The van der Waals surface area contributed by atoms with E-state index < -0.39 is 29.4 Å². The van der Waals surface area contributed by atoms with Crippen LogP contribution in [0.3, 0.4) is 0 Å². The largest absolute Gasteiger partial charge is 0.481 e. The van der Waals surface area contributed by atoms with Crippen LogP contribution in [0.2, 0.25) is 0 Å². The van der Waals surface area contributed by atoms with Crippen molar-refractivity contribution < 1.29 is 18.7 Å². The lowest BCUT2D eigenvalue weighted by molar-refractivity contribution is -0.143. The molecule has 21 heavy (non-hydrogen) atoms. The van der Waals surface area contributed by atoms with Crippen LogP contribution in [-0.4, -0.2) is 25.8 Å². The minimum Gasteiger partial charge on any atom is -0.481 e. The molecular weight excluding hydrogens is 282 g/mol. The Labute approximate surface area is 118 Å². The number of aliphatic carboxylic acids is 1. The first-order valence-corrected chi connectivity index (χ1v) is 6.32.